The zero-order valence-corrected chi connectivity index (χ0v) is 16.3. The van der Waals surface area contributed by atoms with Crippen molar-refractivity contribution in [2.24, 2.45) is 5.92 Å². The van der Waals surface area contributed by atoms with E-state index in [9.17, 15) is 8.42 Å². The first-order chi connectivity index (χ1) is 12.5. The largest absolute Gasteiger partial charge is 0.317 e. The molecule has 1 aromatic heterocycles. The lowest BCUT2D eigenvalue weighted by Gasteiger charge is -2.26. The van der Waals surface area contributed by atoms with Gasteiger partial charge in [-0.1, -0.05) is 44.2 Å². The second-order valence-electron chi connectivity index (χ2n) is 7.19. The van der Waals surface area contributed by atoms with Crippen molar-refractivity contribution in [3.05, 3.63) is 47.8 Å². The highest BCUT2D eigenvalue weighted by molar-refractivity contribution is 7.90. The second-order valence-corrected chi connectivity index (χ2v) is 9.07. The maximum Gasteiger partial charge on any atom is 0.228 e. The molecule has 1 aliphatic heterocycles. The number of sulfone groups is 1. The Labute approximate surface area is 155 Å². The minimum atomic E-state index is -3.52. The van der Waals surface area contributed by atoms with Gasteiger partial charge in [0.15, 0.2) is 0 Å². The molecule has 2 aromatic rings. The average Bonchev–Trinajstić information content (AvgIpc) is 2.99. The fourth-order valence-electron chi connectivity index (χ4n) is 3.14. The molecule has 0 amide bonds. The molecule has 0 bridgehead atoms. The van der Waals surface area contributed by atoms with Crippen LogP contribution in [0.2, 0.25) is 0 Å². The number of aromatic nitrogens is 2. The van der Waals surface area contributed by atoms with Crippen LogP contribution in [0.25, 0.3) is 0 Å². The van der Waals surface area contributed by atoms with Gasteiger partial charge in [-0.25, -0.2) is 13.4 Å². The molecule has 26 heavy (non-hydrogen) atoms. The molecule has 0 N–H and O–H groups in total. The van der Waals surface area contributed by atoms with Crippen LogP contribution in [-0.2, 0) is 33.5 Å². The third-order valence-corrected chi connectivity index (χ3v) is 5.94. The summed E-state index contributed by atoms with van der Waals surface area (Å²) in [5, 5.41) is 2.06. The fourth-order valence-corrected chi connectivity index (χ4v) is 4.64. The molecule has 7 heteroatoms. The van der Waals surface area contributed by atoms with E-state index < -0.39 is 9.84 Å². The second kappa shape index (κ2) is 8.33. The van der Waals surface area contributed by atoms with Gasteiger partial charge in [0.2, 0.25) is 15.0 Å². The van der Waals surface area contributed by atoms with Crippen molar-refractivity contribution in [1.82, 2.24) is 14.6 Å². The molecule has 0 aliphatic carbocycles. The monoisotopic (exact) mass is 377 g/mol. The molecular weight excluding hydrogens is 350 g/mol. The molecule has 0 unspecified atom stereocenters. The summed E-state index contributed by atoms with van der Waals surface area (Å²) in [5.74, 6) is 0.277. The van der Waals surface area contributed by atoms with Crippen molar-refractivity contribution in [3.63, 3.8) is 0 Å². The average molecular weight is 378 g/mol. The first-order valence-corrected chi connectivity index (χ1v) is 10.8. The number of hydrogen-bond donors (Lipinski definition) is 0. The third-order valence-electron chi connectivity index (χ3n) is 4.34. The zero-order valence-electron chi connectivity index (χ0n) is 15.5. The predicted octanol–water partition coefficient (Wildman–Crippen LogP) is 3.04. The van der Waals surface area contributed by atoms with Gasteiger partial charge < -0.3 is 4.57 Å². The van der Waals surface area contributed by atoms with Gasteiger partial charge >= 0.3 is 0 Å². The van der Waals surface area contributed by atoms with Crippen LogP contribution < -0.4 is 0 Å². The van der Waals surface area contributed by atoms with E-state index >= 15 is 0 Å². The lowest BCUT2D eigenvalue weighted by atomic mass is 10.2. The maximum absolute atomic E-state index is 13.0. The number of rotatable bonds is 7. The Bertz CT molecular complexity index is 810. The first-order valence-electron chi connectivity index (χ1n) is 9.14. The van der Waals surface area contributed by atoms with Crippen LogP contribution >= 0.6 is 0 Å². The summed E-state index contributed by atoms with van der Waals surface area (Å²) in [4.78, 5) is 9.97. The summed E-state index contributed by atoms with van der Waals surface area (Å²) < 4.78 is 27.8. The molecule has 0 radical (unpaired) electrons. The highest BCUT2D eigenvalue weighted by atomic mass is 32.2. The van der Waals surface area contributed by atoms with E-state index in [1.165, 1.54) is 0 Å². The van der Waals surface area contributed by atoms with Crippen LogP contribution in [0.1, 0.15) is 37.9 Å². The number of imidazole rings is 1. The lowest BCUT2D eigenvalue weighted by Crippen LogP contribution is -2.31. The lowest BCUT2D eigenvalue weighted by molar-refractivity contribution is -0.188. The fraction of sp³-hybridized carbons (Fsp3) is 0.526. The molecule has 1 fully saturated rings. The summed E-state index contributed by atoms with van der Waals surface area (Å²) >= 11 is 0. The SMILES string of the molecule is CC(C)Cn1c(CN2CCCCO2)cnc1S(=O)(=O)Cc1ccccc1. The van der Waals surface area contributed by atoms with E-state index in [0.29, 0.717) is 19.0 Å². The van der Waals surface area contributed by atoms with Gasteiger partial charge in [-0.3, -0.25) is 4.84 Å². The van der Waals surface area contributed by atoms with Crippen LogP contribution in [0, 0.1) is 5.92 Å². The van der Waals surface area contributed by atoms with Crippen molar-refractivity contribution in [2.75, 3.05) is 13.2 Å². The summed E-state index contributed by atoms with van der Waals surface area (Å²) in [7, 11) is -3.52. The van der Waals surface area contributed by atoms with E-state index in [0.717, 1.165) is 37.3 Å². The quantitative estimate of drug-likeness (QED) is 0.742. The standard InChI is InChI=1S/C19H27N3O3S/c1-16(2)13-22-18(14-21-10-6-7-11-25-21)12-20-19(22)26(23,24)15-17-8-4-3-5-9-17/h3-5,8-9,12,16H,6-7,10-11,13-15H2,1-2H3. The molecule has 0 saturated carbocycles. The minimum Gasteiger partial charge on any atom is -0.317 e. The van der Waals surface area contributed by atoms with Crippen LogP contribution in [-0.4, -0.2) is 36.2 Å². The summed E-state index contributed by atoms with van der Waals surface area (Å²) in [6.45, 7) is 6.91. The molecule has 3 rings (SSSR count). The number of hydrogen-bond acceptors (Lipinski definition) is 5. The molecule has 1 saturated heterocycles. The molecule has 2 heterocycles. The van der Waals surface area contributed by atoms with Crippen molar-refractivity contribution < 1.29 is 13.3 Å². The first kappa shape index (κ1) is 19.1. The van der Waals surface area contributed by atoms with Gasteiger partial charge in [0.05, 0.1) is 30.8 Å². The van der Waals surface area contributed by atoms with E-state index in [1.807, 2.05) is 40.0 Å². The van der Waals surface area contributed by atoms with Crippen LogP contribution in [0.5, 0.6) is 0 Å². The molecule has 142 valence electrons. The van der Waals surface area contributed by atoms with E-state index in [2.05, 4.69) is 18.8 Å². The van der Waals surface area contributed by atoms with Crippen LogP contribution in [0.3, 0.4) is 0 Å². The molecule has 6 nitrogen and oxygen atoms in total. The van der Waals surface area contributed by atoms with Crippen molar-refractivity contribution in [2.45, 2.75) is 50.7 Å². The molecule has 0 spiro atoms. The number of benzene rings is 1. The molecular formula is C19H27N3O3S. The molecule has 0 atom stereocenters. The smallest absolute Gasteiger partial charge is 0.228 e. The predicted molar refractivity (Wildman–Crippen MR) is 100.0 cm³/mol. The van der Waals surface area contributed by atoms with Crippen molar-refractivity contribution in [1.29, 1.82) is 0 Å². The highest BCUT2D eigenvalue weighted by Crippen LogP contribution is 2.21. The Morgan fingerprint density at radius 3 is 2.62 bits per heavy atom. The van der Waals surface area contributed by atoms with E-state index in [-0.39, 0.29) is 10.9 Å². The summed E-state index contributed by atoms with van der Waals surface area (Å²) in [6.07, 6.45) is 3.84. The van der Waals surface area contributed by atoms with E-state index in [4.69, 9.17) is 4.84 Å². The van der Waals surface area contributed by atoms with Crippen LogP contribution in [0.4, 0.5) is 0 Å². The summed E-state index contributed by atoms with van der Waals surface area (Å²) in [6, 6.07) is 9.24. The zero-order chi connectivity index (χ0) is 18.6. The topological polar surface area (TPSA) is 64.4 Å². The van der Waals surface area contributed by atoms with Gasteiger partial charge in [-0.15, -0.1) is 0 Å². The Morgan fingerprint density at radius 2 is 1.96 bits per heavy atom. The van der Waals surface area contributed by atoms with E-state index in [1.54, 1.807) is 6.20 Å². The van der Waals surface area contributed by atoms with Crippen molar-refractivity contribution >= 4 is 9.84 Å². The molecule has 1 aliphatic rings. The Kier molecular flexibility index (Phi) is 6.11. The normalized spacial score (nSPS) is 16.3. The van der Waals surface area contributed by atoms with Gasteiger partial charge in [-0.05, 0) is 24.3 Å². The maximum atomic E-state index is 13.0. The number of hydroxylamine groups is 2. The van der Waals surface area contributed by atoms with Gasteiger partial charge in [-0.2, -0.15) is 5.06 Å². The summed E-state index contributed by atoms with van der Waals surface area (Å²) in [5.41, 5.74) is 1.65. The Morgan fingerprint density at radius 1 is 1.19 bits per heavy atom. The molecule has 1 aromatic carbocycles. The Balaban J connectivity index is 1.87. The Hall–Kier alpha value is -1.70. The van der Waals surface area contributed by atoms with Gasteiger partial charge in [0.1, 0.15) is 0 Å². The third kappa shape index (κ3) is 4.72. The van der Waals surface area contributed by atoms with Gasteiger partial charge in [0.25, 0.3) is 0 Å². The highest BCUT2D eigenvalue weighted by Gasteiger charge is 2.25. The number of nitrogens with zero attached hydrogens (tertiary/aromatic N) is 3. The van der Waals surface area contributed by atoms with Gasteiger partial charge in [0, 0.05) is 13.1 Å². The van der Waals surface area contributed by atoms with Crippen LogP contribution in [0.15, 0.2) is 41.7 Å². The van der Waals surface area contributed by atoms with Crippen molar-refractivity contribution in [3.8, 4) is 0 Å². The minimum absolute atomic E-state index is 0.0391.